The van der Waals surface area contributed by atoms with Crippen molar-refractivity contribution in [1.29, 1.82) is 0 Å². The van der Waals surface area contributed by atoms with Gasteiger partial charge in [0.15, 0.2) is 0 Å². The van der Waals surface area contributed by atoms with Crippen molar-refractivity contribution in [2.75, 3.05) is 7.05 Å². The Morgan fingerprint density at radius 3 is 2.40 bits per heavy atom. The van der Waals surface area contributed by atoms with E-state index in [-0.39, 0.29) is 8.96 Å². The van der Waals surface area contributed by atoms with Gasteiger partial charge in [-0.3, -0.25) is 0 Å². The summed E-state index contributed by atoms with van der Waals surface area (Å²) < 4.78 is 2.67. The zero-order valence-corrected chi connectivity index (χ0v) is 8.59. The van der Waals surface area contributed by atoms with Gasteiger partial charge >= 0.3 is 0 Å². The minimum atomic E-state index is -0.337. The largest absolute Gasteiger partial charge is 0.326 e. The molecule has 0 aromatic rings. The van der Waals surface area contributed by atoms with Crippen molar-refractivity contribution in [2.45, 2.75) is 44.8 Å². The summed E-state index contributed by atoms with van der Waals surface area (Å²) in [4.78, 5) is 0. The lowest BCUT2D eigenvalue weighted by molar-refractivity contribution is 0.380. The molecule has 1 aliphatic heterocycles. The van der Waals surface area contributed by atoms with Crippen LogP contribution in [0.1, 0.15) is 26.7 Å². The maximum atomic E-state index is 2.67. The number of nitrogens with zero attached hydrogens (tertiary/aromatic N) is 1. The molecule has 1 unspecified atom stereocenters. The van der Waals surface area contributed by atoms with Crippen LogP contribution >= 0.6 is 0 Å². The average Bonchev–Trinajstić information content (AvgIpc) is 1.82. The molecule has 1 atom stereocenters. The fraction of sp³-hybridized carbons (Fsp3) is 1.00. The number of hydrogen-bond donors (Lipinski definition) is 0. The molecule has 0 spiro atoms. The standard InChI is InChI=1S/C8H19NSi/c1-4-8(2)9(3)10-6-5-7-10/h8,10H,4-7H2,1-3H3. The van der Waals surface area contributed by atoms with Crippen LogP contribution in [0.4, 0.5) is 0 Å². The van der Waals surface area contributed by atoms with Crippen LogP contribution in [0.2, 0.25) is 12.1 Å². The number of hydrogen-bond acceptors (Lipinski definition) is 1. The molecule has 0 amide bonds. The monoisotopic (exact) mass is 157 g/mol. The normalized spacial score (nSPS) is 22.8. The van der Waals surface area contributed by atoms with E-state index in [4.69, 9.17) is 0 Å². The Morgan fingerprint density at radius 1 is 1.50 bits per heavy atom. The average molecular weight is 157 g/mol. The van der Waals surface area contributed by atoms with Crippen molar-refractivity contribution in [2.24, 2.45) is 0 Å². The molecule has 0 bridgehead atoms. The molecular weight excluding hydrogens is 138 g/mol. The van der Waals surface area contributed by atoms with Crippen molar-refractivity contribution in [3.05, 3.63) is 0 Å². The third-order valence-corrected chi connectivity index (χ3v) is 6.75. The van der Waals surface area contributed by atoms with Gasteiger partial charge in [0.05, 0.1) is 0 Å². The van der Waals surface area contributed by atoms with Crippen molar-refractivity contribution in [3.8, 4) is 0 Å². The van der Waals surface area contributed by atoms with Crippen LogP contribution in [0, 0.1) is 0 Å². The van der Waals surface area contributed by atoms with Crippen LogP contribution in [0.3, 0.4) is 0 Å². The smallest absolute Gasteiger partial charge is 0.111 e. The van der Waals surface area contributed by atoms with E-state index in [2.05, 4.69) is 25.5 Å². The third kappa shape index (κ3) is 1.61. The summed E-state index contributed by atoms with van der Waals surface area (Å²) in [5, 5.41) is 0. The third-order valence-electron chi connectivity index (χ3n) is 2.94. The lowest BCUT2D eigenvalue weighted by atomic mass is 10.3. The molecule has 1 rings (SSSR count). The minimum Gasteiger partial charge on any atom is -0.326 e. The maximum Gasteiger partial charge on any atom is 0.111 e. The first-order valence-corrected chi connectivity index (χ1v) is 6.62. The van der Waals surface area contributed by atoms with E-state index in [9.17, 15) is 0 Å². The highest BCUT2D eigenvalue weighted by atomic mass is 28.3. The maximum absolute atomic E-state index is 2.67. The van der Waals surface area contributed by atoms with Gasteiger partial charge in [-0.1, -0.05) is 20.3 Å². The Morgan fingerprint density at radius 2 is 2.10 bits per heavy atom. The molecule has 10 heavy (non-hydrogen) atoms. The first kappa shape index (κ1) is 8.28. The van der Waals surface area contributed by atoms with Gasteiger partial charge in [-0.2, -0.15) is 0 Å². The second-order valence-electron chi connectivity index (χ2n) is 3.51. The molecule has 1 nitrogen and oxygen atoms in total. The molecule has 2 heteroatoms. The van der Waals surface area contributed by atoms with E-state index in [0.29, 0.717) is 0 Å². The SMILES string of the molecule is CCC(C)N(C)[SiH]1CCC1. The molecular formula is C8H19NSi. The van der Waals surface area contributed by atoms with Gasteiger partial charge in [0.25, 0.3) is 0 Å². The summed E-state index contributed by atoms with van der Waals surface area (Å²) in [7, 11) is 1.99. The summed E-state index contributed by atoms with van der Waals surface area (Å²) in [6.45, 7) is 4.64. The molecule has 0 aromatic carbocycles. The Labute approximate surface area is 66.1 Å². The van der Waals surface area contributed by atoms with Gasteiger partial charge in [-0.25, -0.2) is 0 Å². The molecule has 60 valence electrons. The quantitative estimate of drug-likeness (QED) is 0.565. The predicted octanol–water partition coefficient (Wildman–Crippen LogP) is 1.84. The summed E-state index contributed by atoms with van der Waals surface area (Å²) >= 11 is 0. The summed E-state index contributed by atoms with van der Waals surface area (Å²) in [5.74, 6) is 0. The van der Waals surface area contributed by atoms with Gasteiger partial charge in [0.1, 0.15) is 8.96 Å². The van der Waals surface area contributed by atoms with E-state index >= 15 is 0 Å². The number of rotatable bonds is 3. The van der Waals surface area contributed by atoms with Crippen LogP contribution in [0.15, 0.2) is 0 Å². The Kier molecular flexibility index (Phi) is 2.92. The van der Waals surface area contributed by atoms with E-state index in [1.54, 1.807) is 12.1 Å². The van der Waals surface area contributed by atoms with Gasteiger partial charge in [-0.05, 0) is 31.6 Å². The molecule has 0 radical (unpaired) electrons. The van der Waals surface area contributed by atoms with Crippen LogP contribution in [-0.2, 0) is 0 Å². The van der Waals surface area contributed by atoms with Crippen LogP contribution in [0.5, 0.6) is 0 Å². The van der Waals surface area contributed by atoms with Crippen molar-refractivity contribution in [1.82, 2.24) is 4.57 Å². The van der Waals surface area contributed by atoms with Crippen LogP contribution in [0.25, 0.3) is 0 Å². The van der Waals surface area contributed by atoms with E-state index < -0.39 is 0 Å². The lowest BCUT2D eigenvalue weighted by Crippen LogP contribution is -2.45. The highest BCUT2D eigenvalue weighted by Crippen LogP contribution is 2.24. The predicted molar refractivity (Wildman–Crippen MR) is 48.9 cm³/mol. The Balaban J connectivity index is 2.24. The Bertz CT molecular complexity index is 96.7. The molecule has 0 saturated carbocycles. The summed E-state index contributed by atoms with van der Waals surface area (Å²) in [6.07, 6.45) is 2.83. The molecule has 1 saturated heterocycles. The van der Waals surface area contributed by atoms with Gasteiger partial charge in [0.2, 0.25) is 0 Å². The van der Waals surface area contributed by atoms with E-state index in [1.165, 1.54) is 12.8 Å². The fourth-order valence-electron chi connectivity index (χ4n) is 1.44. The van der Waals surface area contributed by atoms with E-state index in [0.717, 1.165) is 6.04 Å². The first-order chi connectivity index (χ1) is 4.75. The van der Waals surface area contributed by atoms with Crippen molar-refractivity contribution < 1.29 is 0 Å². The van der Waals surface area contributed by atoms with Gasteiger partial charge < -0.3 is 4.57 Å². The second kappa shape index (κ2) is 3.53. The highest BCUT2D eigenvalue weighted by molar-refractivity contribution is 6.58. The highest BCUT2D eigenvalue weighted by Gasteiger charge is 2.25. The second-order valence-corrected chi connectivity index (χ2v) is 6.78. The zero-order valence-electron chi connectivity index (χ0n) is 7.43. The van der Waals surface area contributed by atoms with Gasteiger partial charge in [-0.15, -0.1) is 0 Å². The van der Waals surface area contributed by atoms with Crippen LogP contribution in [-0.4, -0.2) is 26.6 Å². The molecule has 1 fully saturated rings. The fourth-order valence-corrected chi connectivity index (χ4v) is 3.96. The lowest BCUT2D eigenvalue weighted by Gasteiger charge is -2.37. The molecule has 1 heterocycles. The topological polar surface area (TPSA) is 3.24 Å². The Hall–Kier alpha value is 0.177. The molecule has 0 aromatic heterocycles. The molecule has 0 N–H and O–H groups in total. The summed E-state index contributed by atoms with van der Waals surface area (Å²) in [6, 6.07) is 3.98. The van der Waals surface area contributed by atoms with Gasteiger partial charge in [0, 0.05) is 0 Å². The van der Waals surface area contributed by atoms with Crippen molar-refractivity contribution in [3.63, 3.8) is 0 Å². The van der Waals surface area contributed by atoms with E-state index in [1.807, 2.05) is 0 Å². The first-order valence-electron chi connectivity index (χ1n) is 4.47. The molecule has 1 aliphatic rings. The zero-order chi connectivity index (χ0) is 7.56. The van der Waals surface area contributed by atoms with Crippen LogP contribution < -0.4 is 0 Å². The molecule has 0 aliphatic carbocycles. The van der Waals surface area contributed by atoms with Crippen molar-refractivity contribution >= 4 is 8.96 Å². The minimum absolute atomic E-state index is 0.337. The summed E-state index contributed by atoms with van der Waals surface area (Å²) in [5.41, 5.74) is 0.